The highest BCUT2D eigenvalue weighted by atomic mass is 15.5. The predicted molar refractivity (Wildman–Crippen MR) is 59.1 cm³/mol. The number of hydrazine groups is 1. The molecule has 0 amide bonds. The number of nitrogens with one attached hydrogen (secondary N) is 1. The molecular formula is C9H16N6. The quantitative estimate of drug-likeness (QED) is 0.691. The Morgan fingerprint density at radius 2 is 2.07 bits per heavy atom. The van der Waals surface area contributed by atoms with Crippen LogP contribution in [0.25, 0.3) is 0 Å². The van der Waals surface area contributed by atoms with Crippen LogP contribution in [-0.4, -0.2) is 53.1 Å². The second kappa shape index (κ2) is 4.41. The molecule has 2 rings (SSSR count). The molecule has 0 spiro atoms. The number of hydrogen-bond acceptors (Lipinski definition) is 6. The summed E-state index contributed by atoms with van der Waals surface area (Å²) in [7, 11) is 2.12. The van der Waals surface area contributed by atoms with Crippen molar-refractivity contribution in [1.29, 1.82) is 0 Å². The van der Waals surface area contributed by atoms with E-state index in [9.17, 15) is 0 Å². The summed E-state index contributed by atoms with van der Waals surface area (Å²) in [4.78, 5) is 10.2. The minimum atomic E-state index is 0.580. The van der Waals surface area contributed by atoms with E-state index in [1.54, 1.807) is 6.20 Å². The Kier molecular flexibility index (Phi) is 2.98. The van der Waals surface area contributed by atoms with Crippen LogP contribution in [0.4, 0.5) is 11.5 Å². The fraction of sp³-hybridized carbons (Fsp3) is 0.556. The summed E-state index contributed by atoms with van der Waals surface area (Å²) in [6.45, 7) is 4.05. The van der Waals surface area contributed by atoms with E-state index in [1.807, 2.05) is 0 Å². The van der Waals surface area contributed by atoms with E-state index in [0.717, 1.165) is 26.2 Å². The Morgan fingerprint density at radius 3 is 2.73 bits per heavy atom. The number of likely N-dealkylation sites (N-methyl/N-ethyl adjacent to an activating group) is 1. The van der Waals surface area contributed by atoms with Crippen LogP contribution in [0.15, 0.2) is 12.5 Å². The van der Waals surface area contributed by atoms with Crippen molar-refractivity contribution in [3.8, 4) is 0 Å². The van der Waals surface area contributed by atoms with E-state index in [-0.39, 0.29) is 0 Å². The molecule has 3 N–H and O–H groups in total. The van der Waals surface area contributed by atoms with Gasteiger partial charge < -0.3 is 16.1 Å². The van der Waals surface area contributed by atoms with Crippen molar-refractivity contribution >= 4 is 11.5 Å². The molecule has 0 aliphatic carbocycles. The van der Waals surface area contributed by atoms with E-state index in [2.05, 4.69) is 32.4 Å². The van der Waals surface area contributed by atoms with Crippen LogP contribution < -0.4 is 11.2 Å². The first-order valence-corrected chi connectivity index (χ1v) is 5.01. The van der Waals surface area contributed by atoms with Crippen molar-refractivity contribution in [2.45, 2.75) is 0 Å². The van der Waals surface area contributed by atoms with Crippen molar-refractivity contribution in [3.63, 3.8) is 0 Å². The number of nitrogens with zero attached hydrogens (tertiary/aromatic N) is 4. The zero-order valence-electron chi connectivity index (χ0n) is 8.85. The molecule has 6 heteroatoms. The van der Waals surface area contributed by atoms with Gasteiger partial charge in [0.05, 0.1) is 11.9 Å². The minimum Gasteiger partial charge on any atom is -0.394 e. The summed E-state index contributed by atoms with van der Waals surface area (Å²) in [5, 5.41) is 2.12. The maximum absolute atomic E-state index is 5.74. The summed E-state index contributed by atoms with van der Waals surface area (Å²) in [5.41, 5.74) is 9.52. The van der Waals surface area contributed by atoms with Gasteiger partial charge in [0.25, 0.3) is 0 Å². The molecule has 0 aromatic carbocycles. The molecule has 1 fully saturated rings. The van der Waals surface area contributed by atoms with Crippen LogP contribution in [0.3, 0.4) is 0 Å². The Balaban J connectivity index is 1.95. The zero-order valence-corrected chi connectivity index (χ0v) is 8.85. The van der Waals surface area contributed by atoms with E-state index in [4.69, 9.17) is 5.73 Å². The van der Waals surface area contributed by atoms with Crippen LogP contribution in [0, 0.1) is 0 Å². The van der Waals surface area contributed by atoms with Gasteiger partial charge in [0, 0.05) is 26.2 Å². The molecule has 0 radical (unpaired) electrons. The number of nitrogens with two attached hydrogens (primary N) is 1. The first kappa shape index (κ1) is 10.1. The molecule has 1 aliphatic heterocycles. The van der Waals surface area contributed by atoms with Gasteiger partial charge in [-0.3, -0.25) is 0 Å². The third-order valence-corrected chi connectivity index (χ3v) is 2.51. The number of aromatic nitrogens is 2. The molecular weight excluding hydrogens is 192 g/mol. The van der Waals surface area contributed by atoms with E-state index < -0.39 is 0 Å². The van der Waals surface area contributed by atoms with Crippen LogP contribution in [-0.2, 0) is 0 Å². The monoisotopic (exact) mass is 208 g/mol. The number of hydrogen-bond donors (Lipinski definition) is 2. The lowest BCUT2D eigenvalue weighted by Gasteiger charge is -2.32. The van der Waals surface area contributed by atoms with Crippen LogP contribution in [0.2, 0.25) is 0 Å². The van der Waals surface area contributed by atoms with Gasteiger partial charge in [0.1, 0.15) is 6.33 Å². The van der Waals surface area contributed by atoms with Gasteiger partial charge in [0.15, 0.2) is 5.82 Å². The molecule has 1 saturated heterocycles. The second-order valence-corrected chi connectivity index (χ2v) is 3.73. The number of anilines is 2. The smallest absolute Gasteiger partial charge is 0.167 e. The highest BCUT2D eigenvalue weighted by Gasteiger charge is 2.14. The lowest BCUT2D eigenvalue weighted by atomic mass is 10.4. The topological polar surface area (TPSA) is 70.3 Å². The van der Waals surface area contributed by atoms with Gasteiger partial charge in [0.2, 0.25) is 0 Å². The number of nitrogen functional groups attached to an aromatic ring is 1. The average Bonchev–Trinajstić information content (AvgIpc) is 2.25. The normalized spacial score (nSPS) is 19.0. The van der Waals surface area contributed by atoms with Crippen molar-refractivity contribution in [2.75, 3.05) is 44.4 Å². The van der Waals surface area contributed by atoms with Gasteiger partial charge in [-0.25, -0.2) is 15.0 Å². The van der Waals surface area contributed by atoms with Crippen LogP contribution in [0.1, 0.15) is 0 Å². The molecule has 0 unspecified atom stereocenters. The molecule has 1 aromatic rings. The molecule has 1 aliphatic rings. The molecule has 0 saturated carbocycles. The molecule has 6 nitrogen and oxygen atoms in total. The Morgan fingerprint density at radius 1 is 1.33 bits per heavy atom. The summed E-state index contributed by atoms with van der Waals surface area (Å²) < 4.78 is 0. The third kappa shape index (κ3) is 2.54. The SMILES string of the molecule is CN1CCN(Nc2ncncc2N)CC1. The highest BCUT2D eigenvalue weighted by molar-refractivity contribution is 5.58. The van der Waals surface area contributed by atoms with Gasteiger partial charge >= 0.3 is 0 Å². The largest absolute Gasteiger partial charge is 0.394 e. The maximum Gasteiger partial charge on any atom is 0.167 e. The molecule has 0 bridgehead atoms. The Bertz CT molecular complexity index is 320. The number of rotatable bonds is 2. The first-order chi connectivity index (χ1) is 7.25. The standard InChI is InChI=1S/C9H16N6/c1-14-2-4-15(5-3-14)13-9-8(10)6-11-7-12-9/h6-7H,2-5,10H2,1H3,(H,11,12,13). The Labute approximate surface area is 89.1 Å². The van der Waals surface area contributed by atoms with Crippen molar-refractivity contribution in [1.82, 2.24) is 19.9 Å². The lowest BCUT2D eigenvalue weighted by Crippen LogP contribution is -2.47. The summed E-state index contributed by atoms with van der Waals surface area (Å²) in [6, 6.07) is 0. The second-order valence-electron chi connectivity index (χ2n) is 3.73. The number of piperazine rings is 1. The fourth-order valence-corrected chi connectivity index (χ4v) is 1.50. The van der Waals surface area contributed by atoms with Gasteiger partial charge in [-0.15, -0.1) is 0 Å². The summed E-state index contributed by atoms with van der Waals surface area (Å²) in [5.74, 6) is 0.689. The van der Waals surface area contributed by atoms with E-state index in [1.165, 1.54) is 6.33 Å². The molecule has 15 heavy (non-hydrogen) atoms. The zero-order chi connectivity index (χ0) is 10.7. The van der Waals surface area contributed by atoms with Gasteiger partial charge in [-0.1, -0.05) is 0 Å². The summed E-state index contributed by atoms with van der Waals surface area (Å²) >= 11 is 0. The molecule has 0 atom stereocenters. The Hall–Kier alpha value is -1.40. The van der Waals surface area contributed by atoms with Crippen LogP contribution >= 0.6 is 0 Å². The van der Waals surface area contributed by atoms with E-state index in [0.29, 0.717) is 11.5 Å². The van der Waals surface area contributed by atoms with Crippen molar-refractivity contribution < 1.29 is 0 Å². The van der Waals surface area contributed by atoms with Gasteiger partial charge in [-0.05, 0) is 7.05 Å². The van der Waals surface area contributed by atoms with Gasteiger partial charge in [-0.2, -0.15) is 0 Å². The maximum atomic E-state index is 5.74. The minimum absolute atomic E-state index is 0.580. The predicted octanol–water partition coefficient (Wildman–Crippen LogP) is -0.367. The van der Waals surface area contributed by atoms with Crippen molar-refractivity contribution in [3.05, 3.63) is 12.5 Å². The van der Waals surface area contributed by atoms with Crippen molar-refractivity contribution in [2.24, 2.45) is 0 Å². The first-order valence-electron chi connectivity index (χ1n) is 5.01. The van der Waals surface area contributed by atoms with E-state index >= 15 is 0 Å². The molecule has 1 aromatic heterocycles. The summed E-state index contributed by atoms with van der Waals surface area (Å²) in [6.07, 6.45) is 3.10. The molecule has 2 heterocycles. The average molecular weight is 208 g/mol. The fourth-order valence-electron chi connectivity index (χ4n) is 1.50. The third-order valence-electron chi connectivity index (χ3n) is 2.51. The lowest BCUT2D eigenvalue weighted by molar-refractivity contribution is 0.178. The van der Waals surface area contributed by atoms with Crippen LogP contribution in [0.5, 0.6) is 0 Å². The molecule has 82 valence electrons. The highest BCUT2D eigenvalue weighted by Crippen LogP contribution is 2.13.